The second-order valence-corrected chi connectivity index (χ2v) is 7.54. The molecular weight excluding hydrogens is 318 g/mol. The summed E-state index contributed by atoms with van der Waals surface area (Å²) in [5.41, 5.74) is 7.31. The van der Waals surface area contributed by atoms with E-state index in [-0.39, 0.29) is 11.5 Å². The van der Waals surface area contributed by atoms with Crippen LogP contribution in [-0.4, -0.2) is 35.5 Å². The Kier molecular flexibility index (Phi) is 3.43. The van der Waals surface area contributed by atoms with Crippen molar-refractivity contribution >= 4 is 33.7 Å². The number of thiophene rings is 1. The first-order valence-electron chi connectivity index (χ1n) is 7.39. The van der Waals surface area contributed by atoms with Crippen LogP contribution in [0, 0.1) is 0 Å². The van der Waals surface area contributed by atoms with E-state index in [0.717, 1.165) is 25.9 Å². The summed E-state index contributed by atoms with van der Waals surface area (Å²) in [6, 6.07) is 2.21. The third-order valence-corrected chi connectivity index (χ3v) is 6.33. The molecule has 2 aromatic heterocycles. The van der Waals surface area contributed by atoms with E-state index in [2.05, 4.69) is 16.4 Å². The van der Waals surface area contributed by atoms with Crippen molar-refractivity contribution in [3.05, 3.63) is 33.0 Å². The quantitative estimate of drug-likeness (QED) is 0.869. The van der Waals surface area contributed by atoms with Crippen LogP contribution in [-0.2, 0) is 16.8 Å². The standard InChI is InChI=1S/C15H17N3O2S2/c16-14-17-11(9-22-14)13(19)18-5-3-15(4-6-18)12-10(1-7-20-15)2-8-21-12/h2,8-9H,1,3-7H2,(H2,16,17). The van der Waals surface area contributed by atoms with Crippen LogP contribution in [0.5, 0.6) is 0 Å². The Morgan fingerprint density at radius 2 is 2.18 bits per heavy atom. The van der Waals surface area contributed by atoms with Crippen LogP contribution < -0.4 is 5.73 Å². The van der Waals surface area contributed by atoms with Gasteiger partial charge in [0.05, 0.1) is 6.61 Å². The van der Waals surface area contributed by atoms with Gasteiger partial charge in [-0.05, 0) is 36.3 Å². The Morgan fingerprint density at radius 1 is 1.36 bits per heavy atom. The molecule has 1 amide bonds. The van der Waals surface area contributed by atoms with Gasteiger partial charge in [-0.1, -0.05) is 0 Å². The maximum atomic E-state index is 12.5. The average molecular weight is 335 g/mol. The number of nitrogen functional groups attached to an aromatic ring is 1. The second kappa shape index (κ2) is 5.33. The van der Waals surface area contributed by atoms with E-state index in [1.54, 1.807) is 16.7 Å². The number of ether oxygens (including phenoxy) is 1. The fourth-order valence-electron chi connectivity index (χ4n) is 3.34. The van der Waals surface area contributed by atoms with Crippen molar-refractivity contribution in [3.8, 4) is 0 Å². The molecule has 4 heterocycles. The molecule has 4 rings (SSSR count). The number of anilines is 1. The Hall–Kier alpha value is -1.44. The van der Waals surface area contributed by atoms with Gasteiger partial charge in [0.25, 0.3) is 5.91 Å². The van der Waals surface area contributed by atoms with Gasteiger partial charge in [-0.2, -0.15) is 0 Å². The fraction of sp³-hybridized carbons (Fsp3) is 0.467. The highest BCUT2D eigenvalue weighted by molar-refractivity contribution is 7.13. The molecule has 0 atom stereocenters. The first-order valence-corrected chi connectivity index (χ1v) is 9.15. The molecule has 0 saturated carbocycles. The highest BCUT2D eigenvalue weighted by Crippen LogP contribution is 2.44. The van der Waals surface area contributed by atoms with E-state index < -0.39 is 0 Å². The molecule has 22 heavy (non-hydrogen) atoms. The molecule has 2 N–H and O–H groups in total. The predicted octanol–water partition coefficient (Wildman–Crippen LogP) is 2.49. The van der Waals surface area contributed by atoms with Crippen LogP contribution in [0.15, 0.2) is 16.8 Å². The normalized spacial score (nSPS) is 20.1. The number of likely N-dealkylation sites (tertiary alicyclic amines) is 1. The fourth-order valence-corrected chi connectivity index (χ4v) is 5.05. The number of nitrogens with two attached hydrogens (primary N) is 1. The predicted molar refractivity (Wildman–Crippen MR) is 87.3 cm³/mol. The summed E-state index contributed by atoms with van der Waals surface area (Å²) in [5, 5.41) is 4.32. The number of piperidine rings is 1. The SMILES string of the molecule is Nc1nc(C(=O)N2CCC3(CC2)OCCc2ccsc23)cs1. The van der Waals surface area contributed by atoms with Crippen molar-refractivity contribution in [3.63, 3.8) is 0 Å². The van der Waals surface area contributed by atoms with E-state index in [1.165, 1.54) is 21.8 Å². The average Bonchev–Trinajstić information content (AvgIpc) is 3.17. The molecule has 0 bridgehead atoms. The minimum atomic E-state index is -0.181. The molecule has 0 unspecified atom stereocenters. The Bertz CT molecular complexity index is 701. The van der Waals surface area contributed by atoms with Gasteiger partial charge in [-0.3, -0.25) is 4.79 Å². The number of hydrogen-bond donors (Lipinski definition) is 1. The smallest absolute Gasteiger partial charge is 0.273 e. The van der Waals surface area contributed by atoms with Gasteiger partial charge in [-0.25, -0.2) is 4.98 Å². The monoisotopic (exact) mass is 335 g/mol. The second-order valence-electron chi connectivity index (χ2n) is 5.73. The number of rotatable bonds is 1. The highest BCUT2D eigenvalue weighted by atomic mass is 32.1. The molecule has 2 aromatic rings. The van der Waals surface area contributed by atoms with Crippen LogP contribution in [0.3, 0.4) is 0 Å². The summed E-state index contributed by atoms with van der Waals surface area (Å²) in [6.07, 6.45) is 2.71. The molecule has 116 valence electrons. The lowest BCUT2D eigenvalue weighted by molar-refractivity contribution is -0.0906. The number of hydrogen-bond acceptors (Lipinski definition) is 6. The summed E-state index contributed by atoms with van der Waals surface area (Å²) < 4.78 is 6.17. The zero-order chi connectivity index (χ0) is 15.2. The molecule has 0 aliphatic carbocycles. The largest absolute Gasteiger partial charge is 0.375 e. The lowest BCUT2D eigenvalue weighted by Gasteiger charge is -2.43. The lowest BCUT2D eigenvalue weighted by Crippen LogP contribution is -2.47. The minimum Gasteiger partial charge on any atom is -0.375 e. The number of aromatic nitrogens is 1. The maximum absolute atomic E-state index is 12.5. The third kappa shape index (κ3) is 2.24. The minimum absolute atomic E-state index is 0.0231. The molecule has 5 nitrogen and oxygen atoms in total. The summed E-state index contributed by atoms with van der Waals surface area (Å²) >= 11 is 3.09. The Balaban J connectivity index is 1.51. The highest BCUT2D eigenvalue weighted by Gasteiger charge is 2.42. The summed E-state index contributed by atoms with van der Waals surface area (Å²) in [7, 11) is 0. The molecule has 1 saturated heterocycles. The molecule has 1 spiro atoms. The van der Waals surface area contributed by atoms with E-state index in [0.29, 0.717) is 23.9 Å². The molecule has 2 aliphatic heterocycles. The number of carbonyl (C=O) groups excluding carboxylic acids is 1. The van der Waals surface area contributed by atoms with Crippen molar-refractivity contribution in [2.24, 2.45) is 0 Å². The van der Waals surface area contributed by atoms with Gasteiger partial charge in [0.1, 0.15) is 11.3 Å². The van der Waals surface area contributed by atoms with E-state index in [9.17, 15) is 4.79 Å². The van der Waals surface area contributed by atoms with Gasteiger partial charge in [0.15, 0.2) is 5.13 Å². The topological polar surface area (TPSA) is 68.5 Å². The third-order valence-electron chi connectivity index (χ3n) is 4.51. The summed E-state index contributed by atoms with van der Waals surface area (Å²) in [6.45, 7) is 2.18. The van der Waals surface area contributed by atoms with Gasteiger partial charge >= 0.3 is 0 Å². The van der Waals surface area contributed by atoms with Crippen molar-refractivity contribution in [1.82, 2.24) is 9.88 Å². The number of thiazole rings is 1. The van der Waals surface area contributed by atoms with Gasteiger partial charge in [-0.15, -0.1) is 22.7 Å². The van der Waals surface area contributed by atoms with E-state index >= 15 is 0 Å². The van der Waals surface area contributed by atoms with Crippen LogP contribution in [0.1, 0.15) is 33.8 Å². The van der Waals surface area contributed by atoms with Crippen molar-refractivity contribution in [2.45, 2.75) is 24.9 Å². The van der Waals surface area contributed by atoms with Crippen LogP contribution in [0.4, 0.5) is 5.13 Å². The van der Waals surface area contributed by atoms with Crippen molar-refractivity contribution in [2.75, 3.05) is 25.4 Å². The lowest BCUT2D eigenvalue weighted by atomic mass is 9.85. The van der Waals surface area contributed by atoms with Crippen LogP contribution >= 0.6 is 22.7 Å². The van der Waals surface area contributed by atoms with Crippen molar-refractivity contribution < 1.29 is 9.53 Å². The van der Waals surface area contributed by atoms with Crippen molar-refractivity contribution in [1.29, 1.82) is 0 Å². The Morgan fingerprint density at radius 3 is 2.91 bits per heavy atom. The first-order chi connectivity index (χ1) is 10.7. The van der Waals surface area contributed by atoms with Crippen LogP contribution in [0.25, 0.3) is 0 Å². The molecule has 7 heteroatoms. The number of carbonyl (C=O) groups is 1. The zero-order valence-corrected chi connectivity index (χ0v) is 13.7. The molecule has 0 radical (unpaired) electrons. The van der Waals surface area contributed by atoms with Gasteiger partial charge in [0.2, 0.25) is 0 Å². The molecular formula is C15H17N3O2S2. The molecule has 1 fully saturated rings. The number of fused-ring (bicyclic) bond motifs is 2. The van der Waals surface area contributed by atoms with E-state index in [4.69, 9.17) is 10.5 Å². The Labute approximate surface area is 136 Å². The summed E-state index contributed by atoms with van der Waals surface area (Å²) in [4.78, 5) is 19.8. The number of amides is 1. The first kappa shape index (κ1) is 14.2. The summed E-state index contributed by atoms with van der Waals surface area (Å²) in [5.74, 6) is -0.0231. The zero-order valence-electron chi connectivity index (χ0n) is 12.1. The molecule has 0 aromatic carbocycles. The van der Waals surface area contributed by atoms with Gasteiger partial charge in [0, 0.05) is 23.3 Å². The van der Waals surface area contributed by atoms with Crippen LogP contribution in [0.2, 0.25) is 0 Å². The van der Waals surface area contributed by atoms with E-state index in [1.807, 2.05) is 4.90 Å². The maximum Gasteiger partial charge on any atom is 0.273 e. The molecule has 2 aliphatic rings. The van der Waals surface area contributed by atoms with Gasteiger partial charge < -0.3 is 15.4 Å². The number of nitrogens with zero attached hydrogens (tertiary/aromatic N) is 2.